The van der Waals surface area contributed by atoms with E-state index in [1.54, 1.807) is 36.5 Å². The Balaban J connectivity index is 1.92. The zero-order valence-corrected chi connectivity index (χ0v) is 11.5. The Morgan fingerprint density at radius 2 is 2.11 bits per heavy atom. The number of thioether (sulfide) groups is 1. The highest BCUT2D eigenvalue weighted by molar-refractivity contribution is 8.00. The maximum absolute atomic E-state index is 11.8. The molecular formula is C13H12ClN3OS. The van der Waals surface area contributed by atoms with Crippen LogP contribution in [0, 0.1) is 0 Å². The van der Waals surface area contributed by atoms with E-state index >= 15 is 0 Å². The van der Waals surface area contributed by atoms with Gasteiger partial charge in [0.25, 0.3) is 0 Å². The summed E-state index contributed by atoms with van der Waals surface area (Å²) in [5, 5.41) is 3.90. The highest BCUT2D eigenvalue weighted by Crippen LogP contribution is 2.23. The van der Waals surface area contributed by atoms with Crippen molar-refractivity contribution in [3.05, 3.63) is 47.6 Å². The summed E-state index contributed by atoms with van der Waals surface area (Å²) in [5.74, 6) is 0.0787. The number of nitrogens with one attached hydrogen (secondary N) is 1. The molecule has 0 aliphatic carbocycles. The fraction of sp³-hybridized carbons (Fsp3) is 0.0769. The number of halogens is 1. The van der Waals surface area contributed by atoms with E-state index in [2.05, 4.69) is 10.3 Å². The van der Waals surface area contributed by atoms with Crippen molar-refractivity contribution < 1.29 is 4.79 Å². The van der Waals surface area contributed by atoms with Crippen LogP contribution in [-0.4, -0.2) is 16.6 Å². The fourth-order valence-electron chi connectivity index (χ4n) is 1.41. The van der Waals surface area contributed by atoms with E-state index in [4.69, 9.17) is 17.3 Å². The third kappa shape index (κ3) is 3.87. The second-order valence-corrected chi connectivity index (χ2v) is 5.09. The fourth-order valence-corrected chi connectivity index (χ4v) is 2.30. The molecule has 0 aliphatic heterocycles. The minimum Gasteiger partial charge on any atom is -0.397 e. The van der Waals surface area contributed by atoms with Crippen LogP contribution in [-0.2, 0) is 4.79 Å². The number of carbonyl (C=O) groups is 1. The van der Waals surface area contributed by atoms with Crippen molar-refractivity contribution in [1.82, 2.24) is 4.98 Å². The van der Waals surface area contributed by atoms with E-state index in [-0.39, 0.29) is 11.7 Å². The van der Waals surface area contributed by atoms with Crippen LogP contribution in [0.15, 0.2) is 47.6 Å². The normalized spacial score (nSPS) is 10.2. The molecule has 0 aliphatic rings. The quantitative estimate of drug-likeness (QED) is 0.850. The summed E-state index contributed by atoms with van der Waals surface area (Å²) in [6.45, 7) is 0. The Labute approximate surface area is 120 Å². The van der Waals surface area contributed by atoms with E-state index < -0.39 is 0 Å². The largest absolute Gasteiger partial charge is 0.397 e. The van der Waals surface area contributed by atoms with Gasteiger partial charge in [-0.2, -0.15) is 0 Å². The van der Waals surface area contributed by atoms with Gasteiger partial charge in [-0.25, -0.2) is 4.98 Å². The predicted molar refractivity (Wildman–Crippen MR) is 79.5 cm³/mol. The van der Waals surface area contributed by atoms with Gasteiger partial charge in [-0.05, 0) is 24.3 Å². The average molecular weight is 294 g/mol. The number of hydrogen-bond acceptors (Lipinski definition) is 4. The number of pyridine rings is 1. The van der Waals surface area contributed by atoms with Crippen molar-refractivity contribution in [2.45, 2.75) is 5.03 Å². The van der Waals surface area contributed by atoms with Crippen molar-refractivity contribution in [2.24, 2.45) is 0 Å². The minimum absolute atomic E-state index is 0.150. The van der Waals surface area contributed by atoms with Crippen LogP contribution in [0.2, 0.25) is 5.02 Å². The lowest BCUT2D eigenvalue weighted by atomic mass is 10.3. The van der Waals surface area contributed by atoms with Gasteiger partial charge in [0.1, 0.15) is 5.03 Å². The molecule has 0 unspecified atom stereocenters. The first kappa shape index (κ1) is 13.7. The molecule has 1 aromatic heterocycles. The van der Waals surface area contributed by atoms with Crippen LogP contribution in [0.1, 0.15) is 0 Å². The highest BCUT2D eigenvalue weighted by atomic mass is 35.5. The number of nitrogens with zero attached hydrogens (tertiary/aromatic N) is 1. The number of rotatable bonds is 4. The van der Waals surface area contributed by atoms with Gasteiger partial charge >= 0.3 is 0 Å². The molecule has 0 spiro atoms. The summed E-state index contributed by atoms with van der Waals surface area (Å²) >= 11 is 7.25. The van der Waals surface area contributed by atoms with Gasteiger partial charge in [0.15, 0.2) is 0 Å². The minimum atomic E-state index is -0.150. The molecule has 2 aromatic rings. The predicted octanol–water partition coefficient (Wildman–Crippen LogP) is 3.05. The SMILES string of the molecule is Nc1cccnc1SCC(=O)Nc1ccccc1Cl. The number of nitrogen functional groups attached to an aromatic ring is 1. The monoisotopic (exact) mass is 293 g/mol. The van der Waals surface area contributed by atoms with E-state index in [9.17, 15) is 4.79 Å². The van der Waals surface area contributed by atoms with Gasteiger partial charge in [0.2, 0.25) is 5.91 Å². The van der Waals surface area contributed by atoms with Gasteiger partial charge in [-0.1, -0.05) is 35.5 Å². The van der Waals surface area contributed by atoms with E-state index in [1.807, 2.05) is 6.07 Å². The molecule has 6 heteroatoms. The molecule has 98 valence electrons. The topological polar surface area (TPSA) is 68.0 Å². The van der Waals surface area contributed by atoms with Crippen molar-refractivity contribution >= 4 is 40.6 Å². The van der Waals surface area contributed by atoms with Crippen LogP contribution in [0.3, 0.4) is 0 Å². The van der Waals surface area contributed by atoms with Crippen LogP contribution in [0.25, 0.3) is 0 Å². The standard InChI is InChI=1S/C13H12ClN3OS/c14-9-4-1-2-6-11(9)17-12(18)8-19-13-10(15)5-3-7-16-13/h1-7H,8,15H2,(H,17,18). The highest BCUT2D eigenvalue weighted by Gasteiger charge is 2.08. The second kappa shape index (κ2) is 6.45. The van der Waals surface area contributed by atoms with Gasteiger partial charge in [0, 0.05) is 6.20 Å². The van der Waals surface area contributed by atoms with Gasteiger partial charge in [-0.3, -0.25) is 4.79 Å². The molecule has 0 atom stereocenters. The van der Waals surface area contributed by atoms with Crippen LogP contribution in [0.5, 0.6) is 0 Å². The number of aromatic nitrogens is 1. The zero-order chi connectivity index (χ0) is 13.7. The molecule has 1 heterocycles. The number of benzene rings is 1. The molecule has 0 radical (unpaired) electrons. The summed E-state index contributed by atoms with van der Waals surface area (Å²) in [4.78, 5) is 15.9. The summed E-state index contributed by atoms with van der Waals surface area (Å²) in [5.41, 5.74) is 6.92. The number of anilines is 2. The van der Waals surface area contributed by atoms with Crippen molar-refractivity contribution in [2.75, 3.05) is 16.8 Å². The lowest BCUT2D eigenvalue weighted by Crippen LogP contribution is -2.14. The first-order valence-electron chi connectivity index (χ1n) is 5.54. The third-order valence-electron chi connectivity index (χ3n) is 2.29. The van der Waals surface area contributed by atoms with Crippen molar-refractivity contribution in [1.29, 1.82) is 0 Å². The summed E-state index contributed by atoms with van der Waals surface area (Å²) in [6, 6.07) is 10.6. The van der Waals surface area contributed by atoms with E-state index in [1.165, 1.54) is 11.8 Å². The summed E-state index contributed by atoms with van der Waals surface area (Å²) < 4.78 is 0. The Hall–Kier alpha value is -1.72. The van der Waals surface area contributed by atoms with Gasteiger partial charge in [0.05, 0.1) is 22.2 Å². The summed E-state index contributed by atoms with van der Waals surface area (Å²) in [6.07, 6.45) is 1.64. The smallest absolute Gasteiger partial charge is 0.234 e. The third-order valence-corrected chi connectivity index (χ3v) is 3.64. The van der Waals surface area contributed by atoms with Crippen molar-refractivity contribution in [3.63, 3.8) is 0 Å². The molecule has 2 rings (SSSR count). The molecule has 4 nitrogen and oxygen atoms in total. The molecule has 0 saturated heterocycles. The molecular weight excluding hydrogens is 282 g/mol. The Morgan fingerprint density at radius 1 is 1.32 bits per heavy atom. The lowest BCUT2D eigenvalue weighted by Gasteiger charge is -2.07. The number of para-hydroxylation sites is 1. The molecule has 1 aromatic carbocycles. The number of carbonyl (C=O) groups excluding carboxylic acids is 1. The van der Waals surface area contributed by atoms with E-state index in [0.717, 1.165) is 0 Å². The Morgan fingerprint density at radius 3 is 2.84 bits per heavy atom. The molecule has 1 amide bonds. The van der Waals surface area contributed by atoms with E-state index in [0.29, 0.717) is 21.4 Å². The Kier molecular flexibility index (Phi) is 4.65. The van der Waals surface area contributed by atoms with Gasteiger partial charge in [-0.15, -0.1) is 0 Å². The average Bonchev–Trinajstić information content (AvgIpc) is 2.40. The Bertz CT molecular complexity index is 592. The molecule has 3 N–H and O–H groups in total. The number of nitrogens with two attached hydrogens (primary N) is 1. The van der Waals surface area contributed by atoms with Gasteiger partial charge < -0.3 is 11.1 Å². The summed E-state index contributed by atoms with van der Waals surface area (Å²) in [7, 11) is 0. The van der Waals surface area contributed by atoms with Crippen LogP contribution < -0.4 is 11.1 Å². The van der Waals surface area contributed by atoms with Crippen LogP contribution in [0.4, 0.5) is 11.4 Å². The molecule has 0 fully saturated rings. The van der Waals surface area contributed by atoms with Crippen LogP contribution >= 0.6 is 23.4 Å². The number of amides is 1. The molecule has 19 heavy (non-hydrogen) atoms. The second-order valence-electron chi connectivity index (χ2n) is 3.71. The number of hydrogen-bond donors (Lipinski definition) is 2. The maximum atomic E-state index is 11.8. The lowest BCUT2D eigenvalue weighted by molar-refractivity contribution is -0.113. The molecule has 0 saturated carbocycles. The maximum Gasteiger partial charge on any atom is 0.234 e. The zero-order valence-electron chi connectivity index (χ0n) is 9.97. The first-order chi connectivity index (χ1) is 9.16. The first-order valence-corrected chi connectivity index (χ1v) is 6.91. The molecule has 0 bridgehead atoms. The van der Waals surface area contributed by atoms with Crippen molar-refractivity contribution in [3.8, 4) is 0 Å².